The maximum absolute atomic E-state index is 12.3. The Kier molecular flexibility index (Phi) is 4.10. The van der Waals surface area contributed by atoms with Gasteiger partial charge in [0.15, 0.2) is 5.65 Å². The van der Waals surface area contributed by atoms with E-state index >= 15 is 0 Å². The van der Waals surface area contributed by atoms with Crippen LogP contribution in [0.1, 0.15) is 36.5 Å². The Labute approximate surface area is 135 Å². The summed E-state index contributed by atoms with van der Waals surface area (Å²) >= 11 is 0. The smallest absolute Gasteiger partial charge is 0.251 e. The molecule has 0 saturated carbocycles. The molecule has 0 aliphatic heterocycles. The highest BCUT2D eigenvalue weighted by atomic mass is 16.1. The topological polar surface area (TPSA) is 59.8 Å². The summed E-state index contributed by atoms with van der Waals surface area (Å²) in [4.78, 5) is 21.3. The number of benzene rings is 1. The van der Waals surface area contributed by atoms with Crippen LogP contribution in [0.15, 0.2) is 42.6 Å². The molecule has 2 heterocycles. The molecule has 3 rings (SSSR count). The van der Waals surface area contributed by atoms with E-state index in [0.29, 0.717) is 5.56 Å². The summed E-state index contributed by atoms with van der Waals surface area (Å²) in [6, 6.07) is 11.5. The van der Waals surface area contributed by atoms with Gasteiger partial charge in [0.2, 0.25) is 0 Å². The van der Waals surface area contributed by atoms with Crippen LogP contribution >= 0.6 is 0 Å². The van der Waals surface area contributed by atoms with Gasteiger partial charge < -0.3 is 5.32 Å². The number of fused-ring (bicyclic) bond motifs is 1. The van der Waals surface area contributed by atoms with Gasteiger partial charge in [0, 0.05) is 23.5 Å². The van der Waals surface area contributed by atoms with Crippen molar-refractivity contribution in [3.8, 4) is 5.69 Å². The zero-order valence-electron chi connectivity index (χ0n) is 13.6. The normalized spacial score (nSPS) is 12.3. The fourth-order valence-corrected chi connectivity index (χ4v) is 2.53. The molecule has 0 spiro atoms. The fourth-order valence-electron chi connectivity index (χ4n) is 2.53. The maximum atomic E-state index is 12.3. The molecule has 0 saturated heterocycles. The molecule has 1 aromatic carbocycles. The van der Waals surface area contributed by atoms with E-state index in [9.17, 15) is 4.79 Å². The van der Waals surface area contributed by atoms with Gasteiger partial charge >= 0.3 is 0 Å². The summed E-state index contributed by atoms with van der Waals surface area (Å²) in [5.41, 5.74) is 3.17. The van der Waals surface area contributed by atoms with Gasteiger partial charge in [-0.05, 0) is 50.6 Å². The van der Waals surface area contributed by atoms with Crippen molar-refractivity contribution in [2.24, 2.45) is 0 Å². The molecule has 0 aliphatic carbocycles. The first kappa shape index (κ1) is 15.2. The van der Waals surface area contributed by atoms with Crippen LogP contribution in [0.3, 0.4) is 0 Å². The molecule has 0 aliphatic rings. The summed E-state index contributed by atoms with van der Waals surface area (Å²) in [6.07, 6.45) is 2.65. The first-order chi connectivity index (χ1) is 11.1. The molecular weight excluding hydrogens is 288 g/mol. The second-order valence-corrected chi connectivity index (χ2v) is 5.67. The van der Waals surface area contributed by atoms with Crippen molar-refractivity contribution >= 4 is 17.1 Å². The van der Waals surface area contributed by atoms with Gasteiger partial charge in [-0.25, -0.2) is 9.97 Å². The summed E-state index contributed by atoms with van der Waals surface area (Å²) in [6.45, 7) is 5.99. The van der Waals surface area contributed by atoms with Crippen molar-refractivity contribution < 1.29 is 4.79 Å². The molecule has 1 amide bonds. The van der Waals surface area contributed by atoms with Crippen LogP contribution in [-0.2, 0) is 0 Å². The van der Waals surface area contributed by atoms with Gasteiger partial charge in [-0.15, -0.1) is 0 Å². The first-order valence-electron chi connectivity index (χ1n) is 7.81. The first-order valence-corrected chi connectivity index (χ1v) is 7.81. The number of hydrogen-bond acceptors (Lipinski definition) is 3. The minimum Gasteiger partial charge on any atom is -0.350 e. The third-order valence-electron chi connectivity index (χ3n) is 3.94. The lowest BCUT2D eigenvalue weighted by molar-refractivity contribution is 0.0939. The summed E-state index contributed by atoms with van der Waals surface area (Å²) in [5, 5.41) is 2.99. The molecule has 1 unspecified atom stereocenters. The van der Waals surface area contributed by atoms with E-state index in [2.05, 4.69) is 15.3 Å². The van der Waals surface area contributed by atoms with E-state index in [0.717, 1.165) is 29.1 Å². The Morgan fingerprint density at radius 2 is 2.13 bits per heavy atom. The van der Waals surface area contributed by atoms with Crippen molar-refractivity contribution in [3.63, 3.8) is 0 Å². The van der Waals surface area contributed by atoms with Crippen molar-refractivity contribution in [2.45, 2.75) is 33.2 Å². The zero-order chi connectivity index (χ0) is 16.4. The zero-order valence-corrected chi connectivity index (χ0v) is 13.6. The highest BCUT2D eigenvalue weighted by Crippen LogP contribution is 2.20. The highest BCUT2D eigenvalue weighted by Gasteiger charge is 2.13. The molecule has 0 bridgehead atoms. The van der Waals surface area contributed by atoms with Gasteiger partial charge in [-0.3, -0.25) is 9.36 Å². The number of carbonyl (C=O) groups excluding carboxylic acids is 1. The van der Waals surface area contributed by atoms with E-state index in [1.165, 1.54) is 0 Å². The summed E-state index contributed by atoms with van der Waals surface area (Å²) < 4.78 is 1.97. The van der Waals surface area contributed by atoms with Crippen LogP contribution < -0.4 is 5.32 Å². The Bertz CT molecular complexity index is 853. The van der Waals surface area contributed by atoms with Gasteiger partial charge in [0.05, 0.1) is 0 Å². The summed E-state index contributed by atoms with van der Waals surface area (Å²) in [5.74, 6) is 0.786. The number of amides is 1. The van der Waals surface area contributed by atoms with Crippen LogP contribution in [0.4, 0.5) is 0 Å². The van der Waals surface area contributed by atoms with E-state index in [4.69, 9.17) is 0 Å². The Hall–Kier alpha value is -2.69. The minimum atomic E-state index is -0.0590. The van der Waals surface area contributed by atoms with Crippen LogP contribution in [0.25, 0.3) is 16.9 Å². The predicted octanol–water partition coefficient (Wildman–Crippen LogP) is 3.26. The lowest BCUT2D eigenvalue weighted by Crippen LogP contribution is -2.31. The van der Waals surface area contributed by atoms with Gasteiger partial charge in [0.25, 0.3) is 5.91 Å². The average molecular weight is 308 g/mol. The highest BCUT2D eigenvalue weighted by molar-refractivity contribution is 5.95. The van der Waals surface area contributed by atoms with E-state index in [1.807, 2.05) is 61.7 Å². The predicted molar refractivity (Wildman–Crippen MR) is 90.8 cm³/mol. The Morgan fingerprint density at radius 3 is 2.91 bits per heavy atom. The third-order valence-corrected chi connectivity index (χ3v) is 3.94. The Balaban J connectivity index is 2.02. The lowest BCUT2D eigenvalue weighted by atomic mass is 10.1. The van der Waals surface area contributed by atoms with E-state index in [-0.39, 0.29) is 11.9 Å². The fraction of sp³-hybridized carbons (Fsp3) is 0.278. The van der Waals surface area contributed by atoms with E-state index in [1.54, 1.807) is 6.20 Å². The Morgan fingerprint density at radius 1 is 1.30 bits per heavy atom. The number of hydrogen-bond donors (Lipinski definition) is 1. The van der Waals surface area contributed by atoms with Crippen molar-refractivity contribution in [1.29, 1.82) is 0 Å². The lowest BCUT2D eigenvalue weighted by Gasteiger charge is -2.12. The standard InChI is InChI=1S/C18H20N4O/c1-4-12(2)20-18(23)14-7-5-8-15(11-14)22-13(3)21-16-9-6-10-19-17(16)22/h5-12H,4H2,1-3H3,(H,20,23). The molecule has 118 valence electrons. The summed E-state index contributed by atoms with van der Waals surface area (Å²) in [7, 11) is 0. The molecule has 3 aromatic rings. The number of aromatic nitrogens is 3. The molecule has 0 radical (unpaired) electrons. The third kappa shape index (κ3) is 2.95. The second kappa shape index (κ2) is 6.20. The molecule has 5 nitrogen and oxygen atoms in total. The molecular formula is C18H20N4O. The minimum absolute atomic E-state index is 0.0590. The average Bonchev–Trinajstić information content (AvgIpc) is 2.90. The second-order valence-electron chi connectivity index (χ2n) is 5.67. The molecule has 0 fully saturated rings. The molecule has 2 aromatic heterocycles. The number of nitrogens with zero attached hydrogens (tertiary/aromatic N) is 3. The number of nitrogens with one attached hydrogen (secondary N) is 1. The number of aryl methyl sites for hydroxylation is 1. The van der Waals surface area contributed by atoms with E-state index < -0.39 is 0 Å². The van der Waals surface area contributed by atoms with Crippen LogP contribution in [-0.4, -0.2) is 26.5 Å². The number of carbonyl (C=O) groups is 1. The maximum Gasteiger partial charge on any atom is 0.251 e. The number of pyridine rings is 1. The van der Waals surface area contributed by atoms with Gasteiger partial charge in [0.1, 0.15) is 11.3 Å². The molecule has 23 heavy (non-hydrogen) atoms. The largest absolute Gasteiger partial charge is 0.350 e. The van der Waals surface area contributed by atoms with Crippen molar-refractivity contribution in [1.82, 2.24) is 19.9 Å². The molecule has 1 N–H and O–H groups in total. The van der Waals surface area contributed by atoms with Crippen LogP contribution in [0, 0.1) is 6.92 Å². The SMILES string of the molecule is CCC(C)NC(=O)c1cccc(-n2c(C)nc3cccnc32)c1. The molecule has 1 atom stereocenters. The monoisotopic (exact) mass is 308 g/mol. The van der Waals surface area contributed by atoms with Gasteiger partial charge in [-0.2, -0.15) is 0 Å². The van der Waals surface area contributed by atoms with Crippen LogP contribution in [0.2, 0.25) is 0 Å². The van der Waals surface area contributed by atoms with Crippen LogP contribution in [0.5, 0.6) is 0 Å². The van der Waals surface area contributed by atoms with Gasteiger partial charge in [-0.1, -0.05) is 13.0 Å². The van der Waals surface area contributed by atoms with Crippen molar-refractivity contribution in [2.75, 3.05) is 0 Å². The molecule has 5 heteroatoms. The quantitative estimate of drug-likeness (QED) is 0.805. The van der Waals surface area contributed by atoms with Crippen molar-refractivity contribution in [3.05, 3.63) is 54.0 Å². The number of rotatable bonds is 4. The number of imidazole rings is 1.